The summed E-state index contributed by atoms with van der Waals surface area (Å²) in [5.74, 6) is 0.635. The molecular formula is C18H24N4OS. The smallest absolute Gasteiger partial charge is 0.257 e. The molecule has 0 spiro atoms. The molecule has 2 aromatic heterocycles. The lowest BCUT2D eigenvalue weighted by molar-refractivity contribution is 0.0601. The first kappa shape index (κ1) is 16.9. The Morgan fingerprint density at radius 2 is 2.21 bits per heavy atom. The summed E-state index contributed by atoms with van der Waals surface area (Å²) < 4.78 is 0. The highest BCUT2D eigenvalue weighted by Gasteiger charge is 2.27. The fourth-order valence-corrected chi connectivity index (χ4v) is 3.91. The van der Waals surface area contributed by atoms with E-state index in [0.717, 1.165) is 38.8 Å². The number of aromatic nitrogens is 2. The van der Waals surface area contributed by atoms with Gasteiger partial charge in [0.25, 0.3) is 5.91 Å². The zero-order valence-corrected chi connectivity index (χ0v) is 14.9. The van der Waals surface area contributed by atoms with Crippen molar-refractivity contribution in [3.8, 4) is 0 Å². The third kappa shape index (κ3) is 4.12. The Morgan fingerprint density at radius 1 is 1.38 bits per heavy atom. The van der Waals surface area contributed by atoms with E-state index in [1.807, 2.05) is 11.8 Å². The number of carbonyl (C=O) groups excluding carboxylic acids is 1. The molecule has 0 aliphatic carbocycles. The van der Waals surface area contributed by atoms with E-state index in [1.54, 1.807) is 23.7 Å². The monoisotopic (exact) mass is 344 g/mol. The van der Waals surface area contributed by atoms with Crippen LogP contribution in [0.25, 0.3) is 0 Å². The van der Waals surface area contributed by atoms with E-state index in [9.17, 15) is 4.79 Å². The number of thiophene rings is 1. The maximum atomic E-state index is 12.9. The number of nitrogens with one attached hydrogen (secondary N) is 1. The second-order valence-corrected chi connectivity index (χ2v) is 7.12. The number of piperidine rings is 1. The molecule has 1 saturated heterocycles. The Hall–Kier alpha value is -1.95. The van der Waals surface area contributed by atoms with Gasteiger partial charge in [0.15, 0.2) is 0 Å². The average molecular weight is 344 g/mol. The first-order valence-corrected chi connectivity index (χ1v) is 9.55. The zero-order valence-electron chi connectivity index (χ0n) is 14.1. The minimum Gasteiger partial charge on any atom is -0.355 e. The maximum absolute atomic E-state index is 12.9. The van der Waals surface area contributed by atoms with Crippen LogP contribution in [0.15, 0.2) is 29.9 Å². The van der Waals surface area contributed by atoms with Crippen molar-refractivity contribution in [3.05, 3.63) is 40.3 Å². The van der Waals surface area contributed by atoms with Gasteiger partial charge in [0.05, 0.1) is 5.56 Å². The lowest BCUT2D eigenvalue weighted by atomic mass is 9.97. The summed E-state index contributed by atoms with van der Waals surface area (Å²) in [6.45, 7) is 3.60. The standard InChI is InChI=1S/C18H24N4OS/c1-2-19-18-20-12-14(13-21-18)17(23)22-10-4-3-6-15(22)8-9-16-7-5-11-24-16/h5,7,11-13,15H,2-4,6,8-10H2,1H3,(H,19,20,21)/t15-/m0/s1. The summed E-state index contributed by atoms with van der Waals surface area (Å²) >= 11 is 1.79. The molecule has 2 aromatic rings. The Kier molecular flexibility index (Phi) is 5.80. The van der Waals surface area contributed by atoms with Crippen molar-refractivity contribution in [1.29, 1.82) is 0 Å². The second kappa shape index (κ2) is 8.24. The lowest BCUT2D eigenvalue weighted by Gasteiger charge is -2.35. The van der Waals surface area contributed by atoms with Crippen molar-refractivity contribution in [2.75, 3.05) is 18.4 Å². The van der Waals surface area contributed by atoms with E-state index in [2.05, 4.69) is 32.8 Å². The molecule has 1 aliphatic heterocycles. The van der Waals surface area contributed by atoms with Crippen LogP contribution in [0.2, 0.25) is 0 Å². The molecule has 24 heavy (non-hydrogen) atoms. The topological polar surface area (TPSA) is 58.1 Å². The summed E-state index contributed by atoms with van der Waals surface area (Å²) in [5, 5.41) is 5.17. The van der Waals surface area contributed by atoms with Gasteiger partial charge < -0.3 is 10.2 Å². The van der Waals surface area contributed by atoms with Crippen LogP contribution in [0.4, 0.5) is 5.95 Å². The van der Waals surface area contributed by atoms with Crippen LogP contribution in [-0.2, 0) is 6.42 Å². The van der Waals surface area contributed by atoms with Gasteiger partial charge >= 0.3 is 0 Å². The van der Waals surface area contributed by atoms with E-state index in [4.69, 9.17) is 0 Å². The van der Waals surface area contributed by atoms with Crippen molar-refractivity contribution < 1.29 is 4.79 Å². The van der Waals surface area contributed by atoms with Crippen LogP contribution in [0, 0.1) is 0 Å². The minimum atomic E-state index is 0.0638. The largest absolute Gasteiger partial charge is 0.355 e. The summed E-state index contributed by atoms with van der Waals surface area (Å²) in [6.07, 6.45) is 8.72. The Morgan fingerprint density at radius 3 is 2.92 bits per heavy atom. The van der Waals surface area contributed by atoms with E-state index in [0.29, 0.717) is 17.6 Å². The third-order valence-electron chi connectivity index (χ3n) is 4.43. The van der Waals surface area contributed by atoms with Crippen LogP contribution < -0.4 is 5.32 Å². The molecule has 1 atom stereocenters. The van der Waals surface area contributed by atoms with Gasteiger partial charge in [0.2, 0.25) is 5.95 Å². The van der Waals surface area contributed by atoms with Gasteiger partial charge in [-0.15, -0.1) is 11.3 Å². The Labute approximate surface area is 147 Å². The normalized spacial score (nSPS) is 17.7. The second-order valence-electron chi connectivity index (χ2n) is 6.09. The summed E-state index contributed by atoms with van der Waals surface area (Å²) in [6, 6.07) is 4.58. The van der Waals surface area contributed by atoms with Crippen LogP contribution in [-0.4, -0.2) is 39.9 Å². The van der Waals surface area contributed by atoms with E-state index < -0.39 is 0 Å². The molecule has 0 saturated carbocycles. The first-order chi connectivity index (χ1) is 11.8. The minimum absolute atomic E-state index is 0.0638. The van der Waals surface area contributed by atoms with E-state index in [1.165, 1.54) is 11.3 Å². The molecule has 0 radical (unpaired) electrons. The molecule has 1 amide bonds. The number of nitrogens with zero attached hydrogens (tertiary/aromatic N) is 3. The van der Waals surface area contributed by atoms with Gasteiger partial charge in [-0.25, -0.2) is 9.97 Å². The molecular weight excluding hydrogens is 320 g/mol. The molecule has 3 heterocycles. The SMILES string of the molecule is CCNc1ncc(C(=O)N2CCCC[C@H]2CCc2cccs2)cn1. The molecule has 3 rings (SSSR count). The number of carbonyl (C=O) groups is 1. The number of aryl methyl sites for hydroxylation is 1. The molecule has 1 aliphatic rings. The Balaban J connectivity index is 1.66. The van der Waals surface area contributed by atoms with Gasteiger partial charge in [-0.3, -0.25) is 4.79 Å². The fraction of sp³-hybridized carbons (Fsp3) is 0.500. The molecule has 128 valence electrons. The van der Waals surface area contributed by atoms with Gasteiger partial charge in [-0.1, -0.05) is 6.07 Å². The van der Waals surface area contributed by atoms with Crippen LogP contribution in [0.5, 0.6) is 0 Å². The molecule has 5 nitrogen and oxygen atoms in total. The predicted molar refractivity (Wildman–Crippen MR) is 97.5 cm³/mol. The molecule has 0 unspecified atom stereocenters. The number of hydrogen-bond donors (Lipinski definition) is 1. The predicted octanol–water partition coefficient (Wildman–Crippen LogP) is 3.60. The van der Waals surface area contributed by atoms with Gasteiger partial charge in [0, 0.05) is 36.4 Å². The molecule has 0 aromatic carbocycles. The van der Waals surface area contributed by atoms with Gasteiger partial charge in [0.1, 0.15) is 0 Å². The Bertz CT molecular complexity index is 642. The quantitative estimate of drug-likeness (QED) is 0.870. The lowest BCUT2D eigenvalue weighted by Crippen LogP contribution is -2.44. The van der Waals surface area contributed by atoms with Gasteiger partial charge in [-0.2, -0.15) is 0 Å². The zero-order chi connectivity index (χ0) is 16.8. The summed E-state index contributed by atoms with van der Waals surface area (Å²) in [5.41, 5.74) is 0.583. The number of likely N-dealkylation sites (tertiary alicyclic amines) is 1. The third-order valence-corrected chi connectivity index (χ3v) is 5.36. The van der Waals surface area contributed by atoms with Crippen molar-refractivity contribution in [2.24, 2.45) is 0 Å². The van der Waals surface area contributed by atoms with E-state index in [-0.39, 0.29) is 5.91 Å². The maximum Gasteiger partial charge on any atom is 0.257 e. The van der Waals surface area contributed by atoms with Gasteiger partial charge in [-0.05, 0) is 50.5 Å². The number of hydrogen-bond acceptors (Lipinski definition) is 5. The number of amides is 1. The highest BCUT2D eigenvalue weighted by Crippen LogP contribution is 2.24. The van der Waals surface area contributed by atoms with E-state index >= 15 is 0 Å². The molecule has 6 heteroatoms. The first-order valence-electron chi connectivity index (χ1n) is 8.67. The van der Waals surface area contributed by atoms with Crippen molar-refractivity contribution in [1.82, 2.24) is 14.9 Å². The highest BCUT2D eigenvalue weighted by atomic mass is 32.1. The van der Waals surface area contributed by atoms with Crippen molar-refractivity contribution in [3.63, 3.8) is 0 Å². The van der Waals surface area contributed by atoms with Crippen molar-refractivity contribution >= 4 is 23.2 Å². The highest BCUT2D eigenvalue weighted by molar-refractivity contribution is 7.09. The summed E-state index contributed by atoms with van der Waals surface area (Å²) in [7, 11) is 0. The molecule has 0 bridgehead atoms. The van der Waals surface area contributed by atoms with Crippen LogP contribution >= 0.6 is 11.3 Å². The number of anilines is 1. The average Bonchev–Trinajstić information content (AvgIpc) is 3.14. The van der Waals surface area contributed by atoms with Crippen molar-refractivity contribution in [2.45, 2.75) is 45.1 Å². The molecule has 1 fully saturated rings. The fourth-order valence-electron chi connectivity index (χ4n) is 3.19. The molecule has 1 N–H and O–H groups in total. The van der Waals surface area contributed by atoms with Crippen LogP contribution in [0.3, 0.4) is 0 Å². The summed E-state index contributed by atoms with van der Waals surface area (Å²) in [4.78, 5) is 24.7. The van der Waals surface area contributed by atoms with Crippen LogP contribution in [0.1, 0.15) is 47.8 Å². The number of rotatable bonds is 6.